The molecule has 0 aliphatic carbocycles. The summed E-state index contributed by atoms with van der Waals surface area (Å²) in [6.07, 6.45) is 0.803. The summed E-state index contributed by atoms with van der Waals surface area (Å²) in [4.78, 5) is 29.2. The molecule has 3 heterocycles. The summed E-state index contributed by atoms with van der Waals surface area (Å²) >= 11 is 0. The molecule has 0 aromatic carbocycles. The standard InChI is InChI=1S/C12H17N5O2/c1-7-14-10-9(15(7)2)11(18)17(12(19)16(10)3)8-4-5-13-6-8/h8,13H,4-6H2,1-3H3. The zero-order valence-corrected chi connectivity index (χ0v) is 11.3. The van der Waals surface area contributed by atoms with Gasteiger partial charge in [0.1, 0.15) is 5.82 Å². The Labute approximate surface area is 109 Å². The third-order valence-electron chi connectivity index (χ3n) is 3.93. The van der Waals surface area contributed by atoms with Crippen molar-refractivity contribution in [3.05, 3.63) is 26.7 Å². The third-order valence-corrected chi connectivity index (χ3v) is 3.93. The van der Waals surface area contributed by atoms with Gasteiger partial charge in [-0.25, -0.2) is 9.78 Å². The Hall–Kier alpha value is -1.89. The van der Waals surface area contributed by atoms with Crippen molar-refractivity contribution in [3.8, 4) is 0 Å². The molecule has 1 fully saturated rings. The molecule has 3 rings (SSSR count). The molecule has 102 valence electrons. The molecular formula is C12H17N5O2. The number of hydrogen-bond donors (Lipinski definition) is 1. The second kappa shape index (κ2) is 4.06. The van der Waals surface area contributed by atoms with E-state index < -0.39 is 0 Å². The maximum atomic E-state index is 12.6. The molecule has 1 N–H and O–H groups in total. The van der Waals surface area contributed by atoms with E-state index in [2.05, 4.69) is 10.3 Å². The highest BCUT2D eigenvalue weighted by molar-refractivity contribution is 5.70. The molecule has 0 amide bonds. The summed E-state index contributed by atoms with van der Waals surface area (Å²) in [7, 11) is 3.46. The van der Waals surface area contributed by atoms with E-state index in [4.69, 9.17) is 0 Å². The average Bonchev–Trinajstić information content (AvgIpc) is 2.97. The molecule has 19 heavy (non-hydrogen) atoms. The van der Waals surface area contributed by atoms with Crippen LogP contribution in [-0.4, -0.2) is 31.8 Å². The molecule has 2 aromatic rings. The fourth-order valence-electron chi connectivity index (χ4n) is 2.70. The summed E-state index contributed by atoms with van der Waals surface area (Å²) in [6.45, 7) is 3.32. The molecule has 0 saturated carbocycles. The second-order valence-electron chi connectivity index (χ2n) is 5.05. The molecule has 1 unspecified atom stereocenters. The largest absolute Gasteiger partial charge is 0.332 e. The quantitative estimate of drug-likeness (QED) is 0.736. The second-order valence-corrected chi connectivity index (χ2v) is 5.05. The van der Waals surface area contributed by atoms with Crippen LogP contribution in [0.1, 0.15) is 18.3 Å². The smallest absolute Gasteiger partial charge is 0.325 e. The van der Waals surface area contributed by atoms with Gasteiger partial charge in [0.25, 0.3) is 5.56 Å². The van der Waals surface area contributed by atoms with Crippen molar-refractivity contribution < 1.29 is 0 Å². The van der Waals surface area contributed by atoms with E-state index >= 15 is 0 Å². The molecule has 2 aromatic heterocycles. The van der Waals surface area contributed by atoms with Gasteiger partial charge in [-0.3, -0.25) is 13.9 Å². The van der Waals surface area contributed by atoms with Gasteiger partial charge in [0, 0.05) is 20.6 Å². The van der Waals surface area contributed by atoms with Crippen LogP contribution < -0.4 is 16.6 Å². The van der Waals surface area contributed by atoms with Crippen LogP contribution in [0.3, 0.4) is 0 Å². The Bertz CT molecular complexity index is 761. The van der Waals surface area contributed by atoms with E-state index in [1.165, 1.54) is 9.13 Å². The number of nitrogens with one attached hydrogen (secondary N) is 1. The average molecular weight is 263 g/mol. The number of aryl methyl sites for hydroxylation is 3. The van der Waals surface area contributed by atoms with Crippen molar-refractivity contribution in [2.24, 2.45) is 14.1 Å². The first-order valence-corrected chi connectivity index (χ1v) is 6.37. The van der Waals surface area contributed by atoms with Crippen LogP contribution in [0.5, 0.6) is 0 Å². The number of imidazole rings is 1. The lowest BCUT2D eigenvalue weighted by molar-refractivity contribution is 0.491. The lowest BCUT2D eigenvalue weighted by Crippen LogP contribution is -2.42. The molecule has 7 heteroatoms. The Morgan fingerprint density at radius 3 is 2.63 bits per heavy atom. The topological polar surface area (TPSA) is 73.8 Å². The van der Waals surface area contributed by atoms with E-state index in [9.17, 15) is 9.59 Å². The van der Waals surface area contributed by atoms with E-state index in [0.29, 0.717) is 17.7 Å². The zero-order chi connectivity index (χ0) is 13.7. The van der Waals surface area contributed by atoms with E-state index in [1.807, 2.05) is 6.92 Å². The van der Waals surface area contributed by atoms with Crippen molar-refractivity contribution in [2.45, 2.75) is 19.4 Å². The van der Waals surface area contributed by atoms with Crippen molar-refractivity contribution in [2.75, 3.05) is 13.1 Å². The van der Waals surface area contributed by atoms with Crippen LogP contribution in [-0.2, 0) is 14.1 Å². The van der Waals surface area contributed by atoms with Crippen LogP contribution >= 0.6 is 0 Å². The van der Waals surface area contributed by atoms with Gasteiger partial charge in [-0.1, -0.05) is 0 Å². The van der Waals surface area contributed by atoms with Crippen LogP contribution in [0.2, 0.25) is 0 Å². The molecule has 0 bridgehead atoms. The fraction of sp³-hybridized carbons (Fsp3) is 0.583. The molecule has 1 aliphatic heterocycles. The van der Waals surface area contributed by atoms with Gasteiger partial charge in [0.15, 0.2) is 11.2 Å². The highest BCUT2D eigenvalue weighted by Gasteiger charge is 2.24. The minimum Gasteiger partial charge on any atom is -0.325 e. The zero-order valence-electron chi connectivity index (χ0n) is 11.3. The van der Waals surface area contributed by atoms with E-state index in [1.54, 1.807) is 18.7 Å². The maximum Gasteiger partial charge on any atom is 0.332 e. The Morgan fingerprint density at radius 2 is 2.00 bits per heavy atom. The molecule has 1 atom stereocenters. The van der Waals surface area contributed by atoms with Gasteiger partial charge in [-0.05, 0) is 19.9 Å². The van der Waals surface area contributed by atoms with Gasteiger partial charge in [-0.15, -0.1) is 0 Å². The molecule has 0 radical (unpaired) electrons. The normalized spacial score (nSPS) is 19.4. The van der Waals surface area contributed by atoms with Gasteiger partial charge in [0.05, 0.1) is 6.04 Å². The summed E-state index contributed by atoms with van der Waals surface area (Å²) in [5.41, 5.74) is 0.419. The minimum absolute atomic E-state index is 0.0641. The Balaban J connectivity index is 2.43. The first-order chi connectivity index (χ1) is 9.02. The highest BCUT2D eigenvalue weighted by atomic mass is 16.2. The van der Waals surface area contributed by atoms with Crippen molar-refractivity contribution in [3.63, 3.8) is 0 Å². The molecule has 1 aliphatic rings. The highest BCUT2D eigenvalue weighted by Crippen LogP contribution is 2.13. The van der Waals surface area contributed by atoms with Gasteiger partial charge in [-0.2, -0.15) is 0 Å². The predicted octanol–water partition coefficient (Wildman–Crippen LogP) is -0.723. The first-order valence-electron chi connectivity index (χ1n) is 6.37. The summed E-state index contributed by atoms with van der Waals surface area (Å²) in [5.74, 6) is 0.726. The Kier molecular flexibility index (Phi) is 2.60. The van der Waals surface area contributed by atoms with Gasteiger partial charge in [0.2, 0.25) is 0 Å². The van der Waals surface area contributed by atoms with Gasteiger partial charge >= 0.3 is 5.69 Å². The minimum atomic E-state index is -0.288. The van der Waals surface area contributed by atoms with Crippen LogP contribution in [0, 0.1) is 6.92 Å². The van der Waals surface area contributed by atoms with E-state index in [-0.39, 0.29) is 17.3 Å². The SMILES string of the molecule is Cc1nc2c(c(=O)n(C3CCNC3)c(=O)n2C)n1C. The van der Waals surface area contributed by atoms with Crippen molar-refractivity contribution in [1.82, 2.24) is 24.0 Å². The van der Waals surface area contributed by atoms with Crippen molar-refractivity contribution >= 4 is 11.2 Å². The van der Waals surface area contributed by atoms with E-state index in [0.717, 1.165) is 18.8 Å². The Morgan fingerprint density at radius 1 is 1.26 bits per heavy atom. The number of fused-ring (bicyclic) bond motifs is 1. The van der Waals surface area contributed by atoms with Gasteiger partial charge < -0.3 is 9.88 Å². The number of nitrogens with zero attached hydrogens (tertiary/aromatic N) is 4. The van der Waals surface area contributed by atoms with Crippen LogP contribution in [0.25, 0.3) is 11.2 Å². The monoisotopic (exact) mass is 263 g/mol. The van der Waals surface area contributed by atoms with Crippen LogP contribution in [0.4, 0.5) is 0 Å². The number of aromatic nitrogens is 4. The maximum absolute atomic E-state index is 12.6. The molecule has 1 saturated heterocycles. The lowest BCUT2D eigenvalue weighted by Gasteiger charge is -2.13. The predicted molar refractivity (Wildman–Crippen MR) is 71.5 cm³/mol. The van der Waals surface area contributed by atoms with Crippen LogP contribution in [0.15, 0.2) is 9.59 Å². The first kappa shape index (κ1) is 12.2. The fourth-order valence-corrected chi connectivity index (χ4v) is 2.70. The lowest BCUT2D eigenvalue weighted by atomic mass is 10.2. The third kappa shape index (κ3) is 1.58. The number of rotatable bonds is 1. The number of hydrogen-bond acceptors (Lipinski definition) is 4. The summed E-state index contributed by atoms with van der Waals surface area (Å²) in [5, 5.41) is 3.18. The van der Waals surface area contributed by atoms with Crippen molar-refractivity contribution in [1.29, 1.82) is 0 Å². The summed E-state index contributed by atoms with van der Waals surface area (Å²) in [6, 6.07) is -0.0641. The summed E-state index contributed by atoms with van der Waals surface area (Å²) < 4.78 is 4.57. The molecular weight excluding hydrogens is 246 g/mol. The molecule has 7 nitrogen and oxygen atoms in total. The molecule has 0 spiro atoms.